The second-order valence-electron chi connectivity index (χ2n) is 4.22. The molecule has 1 aromatic carbocycles. The summed E-state index contributed by atoms with van der Waals surface area (Å²) in [6.07, 6.45) is -1.98. The molecule has 1 rings (SSSR count). The second-order valence-corrected chi connectivity index (χ2v) is 4.66. The van der Waals surface area contributed by atoms with Crippen molar-refractivity contribution in [2.75, 3.05) is 6.61 Å². The number of nitrogens with one attached hydrogen (secondary N) is 1. The van der Waals surface area contributed by atoms with Gasteiger partial charge in [-0.25, -0.2) is 20.0 Å². The largest absolute Gasteiger partial charge is 0.464 e. The van der Waals surface area contributed by atoms with Crippen LogP contribution in [-0.4, -0.2) is 56.4 Å². The Bertz CT molecular complexity index is 548. The number of aliphatic hydroxyl groups is 2. The minimum Gasteiger partial charge on any atom is -0.464 e. The van der Waals surface area contributed by atoms with Crippen molar-refractivity contribution in [3.63, 3.8) is 0 Å². The molecule has 0 saturated carbocycles. The minimum absolute atomic E-state index is 0.221. The van der Waals surface area contributed by atoms with Gasteiger partial charge in [0.1, 0.15) is 6.04 Å². The molecule has 120 valence electrons. The van der Waals surface area contributed by atoms with Gasteiger partial charge in [0.05, 0.1) is 12.7 Å². The molecule has 0 radical (unpaired) electrons. The number of benzene rings is 1. The predicted molar refractivity (Wildman–Crippen MR) is 78.4 cm³/mol. The molecule has 9 heteroatoms. The fraction of sp³-hybridized carbons (Fsp3) is 0.231. The van der Waals surface area contributed by atoms with Crippen LogP contribution in [0.2, 0.25) is 5.02 Å². The summed E-state index contributed by atoms with van der Waals surface area (Å²) in [6.45, 7) is -0.779. The average Bonchev–Trinajstić information content (AvgIpc) is 2.45. The van der Waals surface area contributed by atoms with E-state index in [1.54, 1.807) is 29.7 Å². The number of hydrazine groups is 1. The summed E-state index contributed by atoms with van der Waals surface area (Å²) in [5.74, 6) is 0. The van der Waals surface area contributed by atoms with E-state index >= 15 is 0 Å². The Morgan fingerprint density at radius 2 is 1.86 bits per heavy atom. The molecule has 22 heavy (non-hydrogen) atoms. The monoisotopic (exact) mass is 330 g/mol. The summed E-state index contributed by atoms with van der Waals surface area (Å²) in [5, 5.41) is 37.4. The van der Waals surface area contributed by atoms with E-state index in [1.165, 1.54) is 12.2 Å². The van der Waals surface area contributed by atoms with Crippen LogP contribution in [0, 0.1) is 0 Å². The molecule has 2 amide bonds. The molecular formula is C13H15ClN2O6. The molecule has 0 fully saturated rings. The lowest BCUT2D eigenvalue weighted by molar-refractivity contribution is 0.0171. The summed E-state index contributed by atoms with van der Waals surface area (Å²) < 4.78 is 0. The average molecular weight is 331 g/mol. The lowest BCUT2D eigenvalue weighted by Gasteiger charge is -2.29. The molecule has 0 saturated heterocycles. The van der Waals surface area contributed by atoms with E-state index < -0.39 is 30.9 Å². The number of rotatable bonds is 5. The number of hydrogen-bond acceptors (Lipinski definition) is 4. The van der Waals surface area contributed by atoms with E-state index in [4.69, 9.17) is 21.8 Å². The van der Waals surface area contributed by atoms with Gasteiger partial charge in [-0.15, -0.1) is 0 Å². The van der Waals surface area contributed by atoms with Gasteiger partial charge in [0.2, 0.25) is 0 Å². The van der Waals surface area contributed by atoms with Crippen molar-refractivity contribution >= 4 is 29.9 Å². The quantitative estimate of drug-likeness (QED) is 0.516. The summed E-state index contributed by atoms with van der Waals surface area (Å²) >= 11 is 5.73. The first-order valence-electron chi connectivity index (χ1n) is 6.09. The van der Waals surface area contributed by atoms with Crippen LogP contribution in [0.25, 0.3) is 6.08 Å². The van der Waals surface area contributed by atoms with E-state index in [0.717, 1.165) is 0 Å². The zero-order chi connectivity index (χ0) is 16.7. The van der Waals surface area contributed by atoms with Crippen molar-refractivity contribution in [1.29, 1.82) is 0 Å². The SMILES string of the molecule is O=C(O)NN(C(=O)O)C(CO)[C@H](O)C=Cc1ccc(Cl)cc1. The van der Waals surface area contributed by atoms with Crippen LogP contribution in [0.3, 0.4) is 0 Å². The number of hydrogen-bond donors (Lipinski definition) is 5. The number of nitrogens with zero attached hydrogens (tertiary/aromatic N) is 1. The molecule has 0 heterocycles. The van der Waals surface area contributed by atoms with Gasteiger partial charge in [0.25, 0.3) is 0 Å². The molecule has 1 aromatic rings. The molecule has 0 aliphatic heterocycles. The molecule has 0 spiro atoms. The van der Waals surface area contributed by atoms with Gasteiger partial charge in [-0.05, 0) is 17.7 Å². The molecule has 0 aromatic heterocycles. The van der Waals surface area contributed by atoms with E-state index in [9.17, 15) is 19.8 Å². The lowest BCUT2D eigenvalue weighted by atomic mass is 10.1. The second kappa shape index (κ2) is 8.23. The first-order valence-corrected chi connectivity index (χ1v) is 6.47. The number of aliphatic hydroxyl groups excluding tert-OH is 2. The van der Waals surface area contributed by atoms with Crippen LogP contribution in [0.4, 0.5) is 9.59 Å². The zero-order valence-corrected chi connectivity index (χ0v) is 12.0. The van der Waals surface area contributed by atoms with E-state index in [1.807, 2.05) is 0 Å². The maximum absolute atomic E-state index is 11.0. The van der Waals surface area contributed by atoms with Gasteiger partial charge < -0.3 is 20.4 Å². The zero-order valence-electron chi connectivity index (χ0n) is 11.3. The predicted octanol–water partition coefficient (Wildman–Crippen LogP) is 1.24. The maximum atomic E-state index is 11.0. The Hall–Kier alpha value is -2.29. The molecule has 0 bridgehead atoms. The maximum Gasteiger partial charge on any atom is 0.426 e. The molecular weight excluding hydrogens is 316 g/mol. The molecule has 0 aliphatic rings. The Labute approximate surface area is 130 Å². The molecule has 2 atom stereocenters. The summed E-state index contributed by atoms with van der Waals surface area (Å²) in [7, 11) is 0. The summed E-state index contributed by atoms with van der Waals surface area (Å²) in [4.78, 5) is 21.5. The van der Waals surface area contributed by atoms with Gasteiger partial charge in [-0.2, -0.15) is 0 Å². The fourth-order valence-electron chi connectivity index (χ4n) is 1.63. The Morgan fingerprint density at radius 1 is 1.27 bits per heavy atom. The van der Waals surface area contributed by atoms with Crippen LogP contribution in [0.5, 0.6) is 0 Å². The Morgan fingerprint density at radius 3 is 2.32 bits per heavy atom. The third-order valence-electron chi connectivity index (χ3n) is 2.69. The van der Waals surface area contributed by atoms with Crippen LogP contribution in [0.15, 0.2) is 30.3 Å². The van der Waals surface area contributed by atoms with E-state index in [0.29, 0.717) is 10.6 Å². The summed E-state index contributed by atoms with van der Waals surface area (Å²) in [5.41, 5.74) is 2.28. The van der Waals surface area contributed by atoms with Crippen LogP contribution in [0.1, 0.15) is 5.56 Å². The van der Waals surface area contributed by atoms with Gasteiger partial charge in [-0.3, -0.25) is 0 Å². The highest BCUT2D eigenvalue weighted by Gasteiger charge is 2.29. The highest BCUT2D eigenvalue weighted by Crippen LogP contribution is 2.12. The van der Waals surface area contributed by atoms with Crippen molar-refractivity contribution < 1.29 is 30.0 Å². The van der Waals surface area contributed by atoms with E-state index in [2.05, 4.69) is 0 Å². The third kappa shape index (κ3) is 5.24. The fourth-order valence-corrected chi connectivity index (χ4v) is 1.76. The van der Waals surface area contributed by atoms with Crippen molar-refractivity contribution in [1.82, 2.24) is 10.4 Å². The van der Waals surface area contributed by atoms with Crippen LogP contribution in [-0.2, 0) is 0 Å². The Kier molecular flexibility index (Phi) is 6.64. The van der Waals surface area contributed by atoms with Crippen LogP contribution < -0.4 is 5.43 Å². The smallest absolute Gasteiger partial charge is 0.426 e. The topological polar surface area (TPSA) is 130 Å². The van der Waals surface area contributed by atoms with Crippen molar-refractivity contribution in [2.45, 2.75) is 12.1 Å². The third-order valence-corrected chi connectivity index (χ3v) is 2.94. The molecule has 1 unspecified atom stereocenters. The van der Waals surface area contributed by atoms with E-state index in [-0.39, 0.29) is 5.01 Å². The molecule has 8 nitrogen and oxygen atoms in total. The summed E-state index contributed by atoms with van der Waals surface area (Å²) in [6, 6.07) is 5.21. The van der Waals surface area contributed by atoms with Gasteiger partial charge in [-0.1, -0.05) is 35.9 Å². The molecule has 0 aliphatic carbocycles. The highest BCUT2D eigenvalue weighted by molar-refractivity contribution is 6.30. The van der Waals surface area contributed by atoms with Crippen molar-refractivity contribution in [3.05, 3.63) is 40.9 Å². The van der Waals surface area contributed by atoms with Gasteiger partial charge >= 0.3 is 12.2 Å². The van der Waals surface area contributed by atoms with Crippen molar-refractivity contribution in [2.24, 2.45) is 0 Å². The lowest BCUT2D eigenvalue weighted by Crippen LogP contribution is -2.56. The number of carbonyl (C=O) groups is 2. The molecule has 5 N–H and O–H groups in total. The Balaban J connectivity index is 2.85. The minimum atomic E-state index is -1.65. The normalized spacial score (nSPS) is 13.6. The first kappa shape index (κ1) is 17.8. The van der Waals surface area contributed by atoms with Gasteiger partial charge in [0, 0.05) is 5.02 Å². The number of carboxylic acid groups (broad SMARTS) is 2. The van der Waals surface area contributed by atoms with Crippen LogP contribution >= 0.6 is 11.6 Å². The number of amides is 2. The van der Waals surface area contributed by atoms with Gasteiger partial charge in [0.15, 0.2) is 0 Å². The first-order chi connectivity index (χ1) is 10.3. The number of halogens is 1. The van der Waals surface area contributed by atoms with Crippen molar-refractivity contribution in [3.8, 4) is 0 Å². The standard InChI is InChI=1S/C13H15ClN2O6/c14-9-4-1-8(2-5-9)3-6-11(18)10(7-17)16(13(21)22)15-12(19)20/h1-6,10-11,15,17-18H,7H2,(H,19,20)(H,21,22)/t10?,11-/m1/s1. The highest BCUT2D eigenvalue weighted by atomic mass is 35.5.